The molecule has 2 aromatic rings. The summed E-state index contributed by atoms with van der Waals surface area (Å²) >= 11 is 5.90. The number of nitrogens with one attached hydrogen (secondary N) is 2. The number of anilines is 2. The van der Waals surface area contributed by atoms with Crippen LogP contribution in [0.4, 0.5) is 33.3 Å². The van der Waals surface area contributed by atoms with Crippen LogP contribution in [0.25, 0.3) is 0 Å². The molecular formula is C23H23ClF5N3O2. The number of alkyl halides is 3. The number of carbonyl (C=O) groups excluding carboxylic acids is 1. The lowest BCUT2D eigenvalue weighted by atomic mass is 10.1. The van der Waals surface area contributed by atoms with E-state index in [0.29, 0.717) is 25.0 Å². The Morgan fingerprint density at radius 1 is 1.12 bits per heavy atom. The molecule has 0 radical (unpaired) electrons. The average molecular weight is 504 g/mol. The van der Waals surface area contributed by atoms with Crippen LogP contribution in [0, 0.1) is 11.6 Å². The standard InChI is InChI=1S/C23H23ClF5N3O2/c1-13(23(27,28)29)34-20-12-19(30-14(2)32-9-4-3-5-10-32)18(26)11-15(20)22(33)31-21-16(24)7-6-8-17(21)25/h6-8,11-13,30H,2-5,9-10H2,1H3,(H,31,33)/t13-/m0/s1. The van der Waals surface area contributed by atoms with Crippen molar-refractivity contribution < 1.29 is 31.5 Å². The molecule has 1 saturated heterocycles. The lowest BCUT2D eigenvalue weighted by molar-refractivity contribution is -0.189. The highest BCUT2D eigenvalue weighted by atomic mass is 35.5. The maximum Gasteiger partial charge on any atom is 0.425 e. The highest BCUT2D eigenvalue weighted by molar-refractivity contribution is 6.34. The summed E-state index contributed by atoms with van der Waals surface area (Å²) in [5, 5.41) is 4.77. The third-order valence-electron chi connectivity index (χ3n) is 5.30. The number of hydrogen-bond acceptors (Lipinski definition) is 4. The summed E-state index contributed by atoms with van der Waals surface area (Å²) in [6.45, 7) is 6.02. The number of para-hydroxylation sites is 1. The van der Waals surface area contributed by atoms with Crippen LogP contribution < -0.4 is 15.4 Å². The van der Waals surface area contributed by atoms with Crippen molar-refractivity contribution in [3.8, 4) is 5.75 Å². The van der Waals surface area contributed by atoms with E-state index in [1.807, 2.05) is 4.90 Å². The molecule has 34 heavy (non-hydrogen) atoms. The maximum atomic E-state index is 14.9. The number of amides is 1. The van der Waals surface area contributed by atoms with Crippen LogP contribution in [-0.4, -0.2) is 36.2 Å². The van der Waals surface area contributed by atoms with Gasteiger partial charge in [0, 0.05) is 19.2 Å². The third-order valence-corrected chi connectivity index (χ3v) is 5.61. The average Bonchev–Trinajstić information content (AvgIpc) is 2.78. The lowest BCUT2D eigenvalue weighted by Gasteiger charge is -2.31. The fraction of sp³-hybridized carbons (Fsp3) is 0.348. The monoisotopic (exact) mass is 503 g/mol. The van der Waals surface area contributed by atoms with E-state index in [2.05, 4.69) is 17.2 Å². The first-order valence-corrected chi connectivity index (χ1v) is 10.9. The second-order valence-corrected chi connectivity index (χ2v) is 8.21. The molecule has 3 rings (SSSR count). The maximum absolute atomic E-state index is 14.9. The smallest absolute Gasteiger partial charge is 0.425 e. The molecule has 1 amide bonds. The van der Waals surface area contributed by atoms with Crippen LogP contribution in [0.1, 0.15) is 36.5 Å². The lowest BCUT2D eigenvalue weighted by Crippen LogP contribution is -2.32. The number of nitrogens with zero attached hydrogens (tertiary/aromatic N) is 1. The molecule has 0 saturated carbocycles. The minimum Gasteiger partial charge on any atom is -0.480 e. The zero-order valence-corrected chi connectivity index (χ0v) is 19.0. The normalized spacial score (nSPS) is 15.0. The van der Waals surface area contributed by atoms with Crippen LogP contribution in [0.5, 0.6) is 5.75 Å². The number of ether oxygens (including phenoxy) is 1. The number of hydrogen-bond donors (Lipinski definition) is 2. The van der Waals surface area contributed by atoms with Crippen molar-refractivity contribution in [3.05, 3.63) is 65.0 Å². The Balaban J connectivity index is 1.94. The highest BCUT2D eigenvalue weighted by Gasteiger charge is 2.39. The van der Waals surface area contributed by atoms with Gasteiger partial charge in [0.2, 0.25) is 0 Å². The first-order chi connectivity index (χ1) is 16.0. The largest absolute Gasteiger partial charge is 0.480 e. The molecule has 1 aliphatic rings. The minimum atomic E-state index is -4.75. The summed E-state index contributed by atoms with van der Waals surface area (Å²) in [6.07, 6.45) is -4.14. The van der Waals surface area contributed by atoms with Crippen LogP contribution in [-0.2, 0) is 0 Å². The van der Waals surface area contributed by atoms with E-state index in [-0.39, 0.29) is 10.7 Å². The van der Waals surface area contributed by atoms with Crippen LogP contribution in [0.15, 0.2) is 42.7 Å². The van der Waals surface area contributed by atoms with Gasteiger partial charge in [0.25, 0.3) is 5.91 Å². The molecule has 0 unspecified atom stereocenters. The zero-order valence-electron chi connectivity index (χ0n) is 18.2. The van der Waals surface area contributed by atoms with Gasteiger partial charge in [0.15, 0.2) is 6.10 Å². The van der Waals surface area contributed by atoms with Crippen LogP contribution in [0.2, 0.25) is 5.02 Å². The van der Waals surface area contributed by atoms with Gasteiger partial charge in [-0.1, -0.05) is 24.2 Å². The molecule has 2 aromatic carbocycles. The first-order valence-electron chi connectivity index (χ1n) is 10.5. The van der Waals surface area contributed by atoms with E-state index in [4.69, 9.17) is 16.3 Å². The predicted octanol–water partition coefficient (Wildman–Crippen LogP) is 6.57. The van der Waals surface area contributed by atoms with E-state index >= 15 is 0 Å². The summed E-state index contributed by atoms with van der Waals surface area (Å²) < 4.78 is 73.4. The molecule has 5 nitrogen and oxygen atoms in total. The Bertz CT molecular complexity index is 1050. The molecule has 2 N–H and O–H groups in total. The van der Waals surface area contributed by atoms with Gasteiger partial charge in [0.05, 0.1) is 27.8 Å². The van der Waals surface area contributed by atoms with Gasteiger partial charge in [-0.2, -0.15) is 13.2 Å². The van der Waals surface area contributed by atoms with Crippen molar-refractivity contribution >= 4 is 28.9 Å². The molecule has 11 heteroatoms. The van der Waals surface area contributed by atoms with Crippen molar-refractivity contribution in [1.29, 1.82) is 0 Å². The third kappa shape index (κ3) is 6.11. The second-order valence-electron chi connectivity index (χ2n) is 7.80. The van der Waals surface area contributed by atoms with Gasteiger partial charge in [-0.3, -0.25) is 4.79 Å². The van der Waals surface area contributed by atoms with E-state index in [1.165, 1.54) is 12.1 Å². The summed E-state index contributed by atoms with van der Waals surface area (Å²) in [6, 6.07) is 5.31. The molecule has 184 valence electrons. The summed E-state index contributed by atoms with van der Waals surface area (Å²) in [7, 11) is 0. The molecule has 1 aliphatic heterocycles. The summed E-state index contributed by atoms with van der Waals surface area (Å²) in [4.78, 5) is 14.7. The highest BCUT2D eigenvalue weighted by Crippen LogP contribution is 2.33. The van der Waals surface area contributed by atoms with Gasteiger partial charge in [-0.05, 0) is 44.4 Å². The van der Waals surface area contributed by atoms with Crippen LogP contribution >= 0.6 is 11.6 Å². The SMILES string of the molecule is C=C(Nc1cc(O[C@@H](C)C(F)(F)F)c(C(=O)Nc2c(F)cccc2Cl)cc1F)N1CCCCC1. The van der Waals surface area contributed by atoms with Gasteiger partial charge in [-0.15, -0.1) is 0 Å². The Kier molecular flexibility index (Phi) is 7.91. The number of rotatable bonds is 7. The van der Waals surface area contributed by atoms with Crippen molar-refractivity contribution in [3.63, 3.8) is 0 Å². The molecule has 1 fully saturated rings. The van der Waals surface area contributed by atoms with Crippen molar-refractivity contribution in [2.45, 2.75) is 38.5 Å². The number of piperidine rings is 1. The zero-order chi connectivity index (χ0) is 25.0. The first kappa shape index (κ1) is 25.6. The number of halogens is 6. The van der Waals surface area contributed by atoms with Gasteiger partial charge >= 0.3 is 6.18 Å². The van der Waals surface area contributed by atoms with E-state index in [1.54, 1.807) is 0 Å². The van der Waals surface area contributed by atoms with Gasteiger partial charge < -0.3 is 20.3 Å². The van der Waals surface area contributed by atoms with E-state index in [0.717, 1.165) is 38.3 Å². The molecule has 0 aromatic heterocycles. The molecular weight excluding hydrogens is 481 g/mol. The number of likely N-dealkylation sites (tertiary alicyclic amines) is 1. The molecule has 0 bridgehead atoms. The topological polar surface area (TPSA) is 53.6 Å². The van der Waals surface area contributed by atoms with Crippen molar-refractivity contribution in [2.24, 2.45) is 0 Å². The van der Waals surface area contributed by atoms with Crippen molar-refractivity contribution in [1.82, 2.24) is 4.90 Å². The van der Waals surface area contributed by atoms with Crippen LogP contribution in [0.3, 0.4) is 0 Å². The molecule has 0 spiro atoms. The Morgan fingerprint density at radius 2 is 1.79 bits per heavy atom. The molecule has 1 atom stereocenters. The second kappa shape index (κ2) is 10.5. The summed E-state index contributed by atoms with van der Waals surface area (Å²) in [5.41, 5.74) is -1.19. The Hall–Kier alpha value is -3.01. The van der Waals surface area contributed by atoms with Crippen molar-refractivity contribution in [2.75, 3.05) is 23.7 Å². The van der Waals surface area contributed by atoms with Gasteiger partial charge in [-0.25, -0.2) is 8.78 Å². The van der Waals surface area contributed by atoms with E-state index < -0.39 is 46.8 Å². The predicted molar refractivity (Wildman–Crippen MR) is 120 cm³/mol. The quantitative estimate of drug-likeness (QED) is 0.420. The Morgan fingerprint density at radius 3 is 2.41 bits per heavy atom. The number of benzene rings is 2. The number of carbonyl (C=O) groups is 1. The Labute approximate surface area is 198 Å². The molecule has 0 aliphatic carbocycles. The fourth-order valence-corrected chi connectivity index (χ4v) is 3.59. The van der Waals surface area contributed by atoms with Gasteiger partial charge in [0.1, 0.15) is 17.4 Å². The molecule has 1 heterocycles. The fourth-order valence-electron chi connectivity index (χ4n) is 3.38. The van der Waals surface area contributed by atoms with E-state index in [9.17, 15) is 26.7 Å². The minimum absolute atomic E-state index is 0.143. The summed E-state index contributed by atoms with van der Waals surface area (Å²) in [5.74, 6) is -3.09.